The van der Waals surface area contributed by atoms with Crippen LogP contribution in [0.15, 0.2) is 0 Å². The van der Waals surface area contributed by atoms with E-state index in [-0.39, 0.29) is 0 Å². The molecule has 0 spiro atoms. The quantitative estimate of drug-likeness (QED) is 0.628. The van der Waals surface area contributed by atoms with Gasteiger partial charge in [0.1, 0.15) is 0 Å². The van der Waals surface area contributed by atoms with Gasteiger partial charge in [-0.1, -0.05) is 47.0 Å². The standard InChI is InChI=1S/C13H28O/c1-5-7-8-12(9-11-14)13(3,4)10-6-2/h12,14H,5-11H2,1-4H3/t12-/m0/s1. The first kappa shape index (κ1) is 14.0. The van der Waals surface area contributed by atoms with Gasteiger partial charge in [-0.3, -0.25) is 0 Å². The molecule has 0 fully saturated rings. The molecule has 0 aliphatic rings. The van der Waals surface area contributed by atoms with Crippen molar-refractivity contribution >= 4 is 0 Å². The lowest BCUT2D eigenvalue weighted by Crippen LogP contribution is -2.25. The van der Waals surface area contributed by atoms with Gasteiger partial charge >= 0.3 is 0 Å². The Kier molecular flexibility index (Phi) is 7.26. The largest absolute Gasteiger partial charge is 0.396 e. The van der Waals surface area contributed by atoms with Gasteiger partial charge in [0, 0.05) is 6.61 Å². The molecule has 1 heteroatoms. The minimum Gasteiger partial charge on any atom is -0.396 e. The molecule has 0 amide bonds. The first-order valence-corrected chi connectivity index (χ1v) is 6.19. The van der Waals surface area contributed by atoms with Crippen molar-refractivity contribution in [3.8, 4) is 0 Å². The molecular weight excluding hydrogens is 172 g/mol. The van der Waals surface area contributed by atoms with Gasteiger partial charge in [0.15, 0.2) is 0 Å². The number of hydrogen-bond acceptors (Lipinski definition) is 1. The van der Waals surface area contributed by atoms with Crippen LogP contribution in [0.4, 0.5) is 0 Å². The Balaban J connectivity index is 4.14. The van der Waals surface area contributed by atoms with Crippen molar-refractivity contribution < 1.29 is 5.11 Å². The molecular formula is C13H28O. The van der Waals surface area contributed by atoms with Crippen LogP contribution in [-0.2, 0) is 0 Å². The third-order valence-corrected chi connectivity index (χ3v) is 3.38. The highest BCUT2D eigenvalue weighted by Crippen LogP contribution is 2.37. The molecule has 1 N–H and O–H groups in total. The smallest absolute Gasteiger partial charge is 0.0433 e. The summed E-state index contributed by atoms with van der Waals surface area (Å²) in [5, 5.41) is 9.07. The van der Waals surface area contributed by atoms with E-state index in [9.17, 15) is 0 Å². The van der Waals surface area contributed by atoms with Crippen molar-refractivity contribution in [1.82, 2.24) is 0 Å². The Morgan fingerprint density at radius 1 is 1.07 bits per heavy atom. The third kappa shape index (κ3) is 4.99. The minimum absolute atomic E-state index is 0.349. The second-order valence-electron chi connectivity index (χ2n) is 5.09. The summed E-state index contributed by atoms with van der Waals surface area (Å²) in [5.74, 6) is 0.701. The van der Waals surface area contributed by atoms with Crippen LogP contribution in [0.5, 0.6) is 0 Å². The van der Waals surface area contributed by atoms with Gasteiger partial charge in [0.2, 0.25) is 0 Å². The zero-order chi connectivity index (χ0) is 11.0. The van der Waals surface area contributed by atoms with Crippen LogP contribution in [-0.4, -0.2) is 11.7 Å². The second kappa shape index (κ2) is 7.28. The molecule has 0 aromatic rings. The van der Waals surface area contributed by atoms with E-state index in [0.29, 0.717) is 17.9 Å². The summed E-state index contributed by atoms with van der Waals surface area (Å²) >= 11 is 0. The van der Waals surface area contributed by atoms with Crippen LogP contribution in [0.25, 0.3) is 0 Å². The first-order valence-electron chi connectivity index (χ1n) is 6.19. The maximum atomic E-state index is 9.07. The predicted octanol–water partition coefficient (Wildman–Crippen LogP) is 4.00. The fraction of sp³-hybridized carbons (Fsp3) is 1.00. The second-order valence-corrected chi connectivity index (χ2v) is 5.09. The molecule has 0 saturated heterocycles. The highest BCUT2D eigenvalue weighted by atomic mass is 16.3. The van der Waals surface area contributed by atoms with Gasteiger partial charge < -0.3 is 5.11 Å². The van der Waals surface area contributed by atoms with Crippen molar-refractivity contribution in [2.24, 2.45) is 11.3 Å². The van der Waals surface area contributed by atoms with Gasteiger partial charge in [0.05, 0.1) is 0 Å². The Bertz CT molecular complexity index is 129. The average Bonchev–Trinajstić information content (AvgIpc) is 2.11. The van der Waals surface area contributed by atoms with Gasteiger partial charge in [-0.25, -0.2) is 0 Å². The normalized spacial score (nSPS) is 14.4. The molecule has 14 heavy (non-hydrogen) atoms. The van der Waals surface area contributed by atoms with Crippen LogP contribution in [0.3, 0.4) is 0 Å². The van der Waals surface area contributed by atoms with Gasteiger partial charge in [-0.15, -0.1) is 0 Å². The summed E-state index contributed by atoms with van der Waals surface area (Å²) in [5.41, 5.74) is 0.409. The Hall–Kier alpha value is -0.0400. The van der Waals surface area contributed by atoms with Crippen molar-refractivity contribution in [3.05, 3.63) is 0 Å². The summed E-state index contributed by atoms with van der Waals surface area (Å²) in [6.45, 7) is 9.54. The van der Waals surface area contributed by atoms with Crippen LogP contribution in [0.2, 0.25) is 0 Å². The van der Waals surface area contributed by atoms with E-state index in [2.05, 4.69) is 27.7 Å². The first-order chi connectivity index (χ1) is 6.58. The molecule has 0 aliphatic carbocycles. The van der Waals surface area contributed by atoms with Crippen molar-refractivity contribution in [1.29, 1.82) is 0 Å². The van der Waals surface area contributed by atoms with Crippen LogP contribution in [0.1, 0.15) is 66.2 Å². The molecule has 0 rings (SSSR count). The van der Waals surface area contributed by atoms with Crippen LogP contribution in [0, 0.1) is 11.3 Å². The fourth-order valence-corrected chi connectivity index (χ4v) is 2.38. The van der Waals surface area contributed by atoms with Crippen molar-refractivity contribution in [2.45, 2.75) is 66.2 Å². The number of aliphatic hydroxyl groups excluding tert-OH is 1. The molecule has 0 bridgehead atoms. The van der Waals surface area contributed by atoms with E-state index in [1.807, 2.05) is 0 Å². The number of unbranched alkanes of at least 4 members (excludes halogenated alkanes) is 1. The van der Waals surface area contributed by atoms with E-state index < -0.39 is 0 Å². The van der Waals surface area contributed by atoms with Gasteiger partial charge in [-0.05, 0) is 30.6 Å². The molecule has 1 nitrogen and oxygen atoms in total. The van der Waals surface area contributed by atoms with E-state index in [4.69, 9.17) is 5.11 Å². The lowest BCUT2D eigenvalue weighted by molar-refractivity contribution is 0.135. The molecule has 0 aromatic carbocycles. The molecule has 0 saturated carbocycles. The topological polar surface area (TPSA) is 20.2 Å². The van der Waals surface area contributed by atoms with E-state index in [1.165, 1.54) is 32.1 Å². The van der Waals surface area contributed by atoms with Crippen molar-refractivity contribution in [2.75, 3.05) is 6.61 Å². The SMILES string of the molecule is CCCC[C@@H](CCO)C(C)(C)CCC. The maximum absolute atomic E-state index is 9.07. The summed E-state index contributed by atoms with van der Waals surface area (Å²) in [4.78, 5) is 0. The van der Waals surface area contributed by atoms with E-state index in [1.54, 1.807) is 0 Å². The monoisotopic (exact) mass is 200 g/mol. The molecule has 86 valence electrons. The molecule has 1 atom stereocenters. The summed E-state index contributed by atoms with van der Waals surface area (Å²) in [6.07, 6.45) is 7.36. The lowest BCUT2D eigenvalue weighted by Gasteiger charge is -2.34. The number of hydrogen-bond donors (Lipinski definition) is 1. The summed E-state index contributed by atoms with van der Waals surface area (Å²) in [7, 11) is 0. The highest BCUT2D eigenvalue weighted by Gasteiger charge is 2.27. The average molecular weight is 200 g/mol. The molecule has 0 aliphatic heterocycles. The number of aliphatic hydroxyl groups is 1. The summed E-state index contributed by atoms with van der Waals surface area (Å²) < 4.78 is 0. The van der Waals surface area contributed by atoms with Crippen molar-refractivity contribution in [3.63, 3.8) is 0 Å². The Labute approximate surface area is 89.9 Å². The van der Waals surface area contributed by atoms with Gasteiger partial charge in [-0.2, -0.15) is 0 Å². The molecule has 0 heterocycles. The Morgan fingerprint density at radius 2 is 1.71 bits per heavy atom. The fourth-order valence-electron chi connectivity index (χ4n) is 2.38. The van der Waals surface area contributed by atoms with Crippen LogP contribution < -0.4 is 0 Å². The summed E-state index contributed by atoms with van der Waals surface area (Å²) in [6, 6.07) is 0. The predicted molar refractivity (Wildman–Crippen MR) is 63.4 cm³/mol. The zero-order valence-electron chi connectivity index (χ0n) is 10.5. The minimum atomic E-state index is 0.349. The molecule has 0 aromatic heterocycles. The third-order valence-electron chi connectivity index (χ3n) is 3.38. The van der Waals surface area contributed by atoms with E-state index >= 15 is 0 Å². The molecule has 0 unspecified atom stereocenters. The van der Waals surface area contributed by atoms with Gasteiger partial charge in [0.25, 0.3) is 0 Å². The molecule has 0 radical (unpaired) electrons. The highest BCUT2D eigenvalue weighted by molar-refractivity contribution is 4.77. The number of rotatable bonds is 8. The zero-order valence-corrected chi connectivity index (χ0v) is 10.5. The van der Waals surface area contributed by atoms with E-state index in [0.717, 1.165) is 6.42 Å². The maximum Gasteiger partial charge on any atom is 0.0433 e. The lowest BCUT2D eigenvalue weighted by atomic mass is 9.72. The Morgan fingerprint density at radius 3 is 2.14 bits per heavy atom. The van der Waals surface area contributed by atoms with Crippen LogP contribution >= 0.6 is 0 Å².